The van der Waals surface area contributed by atoms with Crippen molar-refractivity contribution in [3.8, 4) is 11.5 Å². The van der Waals surface area contributed by atoms with Crippen molar-refractivity contribution >= 4 is 11.8 Å². The van der Waals surface area contributed by atoms with E-state index in [9.17, 15) is 19.8 Å². The Bertz CT molecular complexity index is 506. The van der Waals surface area contributed by atoms with Crippen molar-refractivity contribution in [3.63, 3.8) is 0 Å². The molecule has 7 nitrogen and oxygen atoms in total. The van der Waals surface area contributed by atoms with E-state index in [1.165, 1.54) is 12.1 Å². The van der Waals surface area contributed by atoms with Crippen LogP contribution in [0.15, 0.2) is 18.2 Å². The zero-order valence-corrected chi connectivity index (χ0v) is 11.5. The fourth-order valence-electron chi connectivity index (χ4n) is 2.08. The van der Waals surface area contributed by atoms with Crippen LogP contribution >= 0.6 is 0 Å². The Labute approximate surface area is 122 Å². The van der Waals surface area contributed by atoms with Crippen LogP contribution in [0.25, 0.3) is 0 Å². The van der Waals surface area contributed by atoms with Gasteiger partial charge in [0.2, 0.25) is 5.91 Å². The van der Waals surface area contributed by atoms with Gasteiger partial charge in [-0.3, -0.25) is 9.59 Å². The summed E-state index contributed by atoms with van der Waals surface area (Å²) in [5, 5.41) is 21.2. The zero-order valence-electron chi connectivity index (χ0n) is 11.5. The van der Waals surface area contributed by atoms with Gasteiger partial charge in [0.15, 0.2) is 0 Å². The predicted octanol–water partition coefficient (Wildman–Crippen LogP) is 0.0765. The molecule has 0 spiro atoms. The van der Waals surface area contributed by atoms with Crippen molar-refractivity contribution in [2.24, 2.45) is 0 Å². The Morgan fingerprint density at radius 1 is 1.14 bits per heavy atom. The summed E-state index contributed by atoms with van der Waals surface area (Å²) < 4.78 is 5.16. The van der Waals surface area contributed by atoms with Gasteiger partial charge < -0.3 is 25.2 Å². The van der Waals surface area contributed by atoms with Gasteiger partial charge in [0.1, 0.15) is 11.5 Å². The standard InChI is InChI=1S/C14H18N2O5/c17-11-7-10(8-12(18)9-11)14(20)15-2-1-13(19)16-3-5-21-6-4-16/h7-9,17-18H,1-6H2,(H,15,20). The van der Waals surface area contributed by atoms with E-state index in [0.29, 0.717) is 26.3 Å². The van der Waals surface area contributed by atoms with Crippen molar-refractivity contribution in [2.45, 2.75) is 6.42 Å². The number of nitrogens with one attached hydrogen (secondary N) is 1. The molecule has 2 rings (SSSR count). The third-order valence-corrected chi connectivity index (χ3v) is 3.15. The van der Waals surface area contributed by atoms with Crippen LogP contribution in [-0.2, 0) is 9.53 Å². The highest BCUT2D eigenvalue weighted by atomic mass is 16.5. The minimum atomic E-state index is -0.448. The Hall–Kier alpha value is -2.28. The van der Waals surface area contributed by atoms with Crippen molar-refractivity contribution in [3.05, 3.63) is 23.8 Å². The number of phenolic OH excluding ortho intramolecular Hbond substituents is 2. The fraction of sp³-hybridized carbons (Fsp3) is 0.429. The fourth-order valence-corrected chi connectivity index (χ4v) is 2.08. The molecule has 1 aromatic rings. The highest BCUT2D eigenvalue weighted by Gasteiger charge is 2.16. The number of hydrogen-bond donors (Lipinski definition) is 3. The van der Waals surface area contributed by atoms with Crippen molar-refractivity contribution < 1.29 is 24.5 Å². The first-order chi connectivity index (χ1) is 10.1. The molecular formula is C14H18N2O5. The molecule has 7 heteroatoms. The number of phenols is 2. The van der Waals surface area contributed by atoms with Gasteiger partial charge >= 0.3 is 0 Å². The molecule has 0 bridgehead atoms. The second-order valence-electron chi connectivity index (χ2n) is 4.74. The number of carbonyl (C=O) groups excluding carboxylic acids is 2. The highest BCUT2D eigenvalue weighted by Crippen LogP contribution is 2.20. The molecule has 0 aromatic heterocycles. The molecule has 0 atom stereocenters. The molecule has 0 radical (unpaired) electrons. The zero-order chi connectivity index (χ0) is 15.2. The number of nitrogens with zero attached hydrogens (tertiary/aromatic N) is 1. The Balaban J connectivity index is 1.79. The van der Waals surface area contributed by atoms with E-state index in [0.717, 1.165) is 6.07 Å². The van der Waals surface area contributed by atoms with Crippen LogP contribution in [-0.4, -0.2) is 59.8 Å². The predicted molar refractivity (Wildman–Crippen MR) is 74.1 cm³/mol. The molecule has 1 aliphatic heterocycles. The molecule has 1 aliphatic rings. The van der Waals surface area contributed by atoms with Crippen molar-refractivity contribution in [1.29, 1.82) is 0 Å². The summed E-state index contributed by atoms with van der Waals surface area (Å²) in [6.45, 7) is 2.44. The van der Waals surface area contributed by atoms with Gasteiger partial charge in [0.25, 0.3) is 5.91 Å². The SMILES string of the molecule is O=C(NCCC(=O)N1CCOCC1)c1cc(O)cc(O)c1. The van der Waals surface area contributed by atoms with E-state index < -0.39 is 5.91 Å². The number of amides is 2. The molecule has 0 saturated carbocycles. The van der Waals surface area contributed by atoms with Gasteiger partial charge in [0.05, 0.1) is 13.2 Å². The smallest absolute Gasteiger partial charge is 0.251 e. The van der Waals surface area contributed by atoms with Crippen LogP contribution in [0.4, 0.5) is 0 Å². The molecule has 114 valence electrons. The van der Waals surface area contributed by atoms with E-state index in [1.54, 1.807) is 4.90 Å². The first-order valence-corrected chi connectivity index (χ1v) is 6.73. The number of aromatic hydroxyl groups is 2. The average molecular weight is 294 g/mol. The number of ether oxygens (including phenoxy) is 1. The Kier molecular flexibility index (Phi) is 4.99. The summed E-state index contributed by atoms with van der Waals surface area (Å²) in [7, 11) is 0. The lowest BCUT2D eigenvalue weighted by molar-refractivity contribution is -0.135. The number of rotatable bonds is 4. The second-order valence-corrected chi connectivity index (χ2v) is 4.74. The molecule has 1 heterocycles. The maximum absolute atomic E-state index is 11.9. The number of carbonyl (C=O) groups is 2. The molecule has 0 unspecified atom stereocenters. The summed E-state index contributed by atoms with van der Waals surface area (Å²) in [4.78, 5) is 25.4. The van der Waals surface area contributed by atoms with Gasteiger partial charge in [-0.15, -0.1) is 0 Å². The van der Waals surface area contributed by atoms with E-state index >= 15 is 0 Å². The van der Waals surface area contributed by atoms with Crippen LogP contribution in [0.5, 0.6) is 11.5 Å². The van der Waals surface area contributed by atoms with Crippen LogP contribution in [0.1, 0.15) is 16.8 Å². The lowest BCUT2D eigenvalue weighted by Crippen LogP contribution is -2.42. The van der Waals surface area contributed by atoms with Gasteiger partial charge in [-0.1, -0.05) is 0 Å². The van der Waals surface area contributed by atoms with E-state index in [1.807, 2.05) is 0 Å². The van der Waals surface area contributed by atoms with Gasteiger partial charge in [0, 0.05) is 37.7 Å². The number of benzene rings is 1. The molecule has 21 heavy (non-hydrogen) atoms. The van der Waals surface area contributed by atoms with E-state index in [2.05, 4.69) is 5.32 Å². The summed E-state index contributed by atoms with van der Waals surface area (Å²) in [5.41, 5.74) is 0.145. The minimum absolute atomic E-state index is 0.0302. The third kappa shape index (κ3) is 4.35. The normalized spacial score (nSPS) is 14.8. The largest absolute Gasteiger partial charge is 0.508 e. The Morgan fingerprint density at radius 2 is 1.76 bits per heavy atom. The average Bonchev–Trinajstić information content (AvgIpc) is 2.47. The second kappa shape index (κ2) is 6.94. The maximum Gasteiger partial charge on any atom is 0.251 e. The van der Waals surface area contributed by atoms with Crippen molar-refractivity contribution in [2.75, 3.05) is 32.8 Å². The molecule has 1 fully saturated rings. The first-order valence-electron chi connectivity index (χ1n) is 6.73. The molecule has 2 amide bonds. The molecule has 0 aliphatic carbocycles. The van der Waals surface area contributed by atoms with Crippen LogP contribution < -0.4 is 5.32 Å². The highest BCUT2D eigenvalue weighted by molar-refractivity contribution is 5.95. The summed E-state index contributed by atoms with van der Waals surface area (Å²) in [5.74, 6) is -0.859. The number of morpholine rings is 1. The molecule has 1 aromatic carbocycles. The Morgan fingerprint density at radius 3 is 2.38 bits per heavy atom. The van der Waals surface area contributed by atoms with Crippen LogP contribution in [0.3, 0.4) is 0 Å². The lowest BCUT2D eigenvalue weighted by atomic mass is 10.2. The van der Waals surface area contributed by atoms with Gasteiger partial charge in [-0.2, -0.15) is 0 Å². The molecule has 1 saturated heterocycles. The monoisotopic (exact) mass is 294 g/mol. The molecule has 3 N–H and O–H groups in total. The van der Waals surface area contributed by atoms with E-state index in [-0.39, 0.29) is 35.9 Å². The van der Waals surface area contributed by atoms with Crippen LogP contribution in [0.2, 0.25) is 0 Å². The summed E-state index contributed by atoms with van der Waals surface area (Å²) in [6, 6.07) is 3.64. The third-order valence-electron chi connectivity index (χ3n) is 3.15. The van der Waals surface area contributed by atoms with E-state index in [4.69, 9.17) is 4.74 Å². The van der Waals surface area contributed by atoms with Crippen molar-refractivity contribution in [1.82, 2.24) is 10.2 Å². The number of hydrogen-bond acceptors (Lipinski definition) is 5. The minimum Gasteiger partial charge on any atom is -0.508 e. The summed E-state index contributed by atoms with van der Waals surface area (Å²) >= 11 is 0. The van der Waals surface area contributed by atoms with Crippen LogP contribution in [0, 0.1) is 0 Å². The summed E-state index contributed by atoms with van der Waals surface area (Å²) in [6.07, 6.45) is 0.205. The lowest BCUT2D eigenvalue weighted by Gasteiger charge is -2.26. The quantitative estimate of drug-likeness (QED) is 0.730. The topological polar surface area (TPSA) is 99.1 Å². The van der Waals surface area contributed by atoms with Gasteiger partial charge in [-0.05, 0) is 12.1 Å². The first kappa shape index (κ1) is 15.1. The maximum atomic E-state index is 11.9. The van der Waals surface area contributed by atoms with Gasteiger partial charge in [-0.25, -0.2) is 0 Å². The molecular weight excluding hydrogens is 276 g/mol.